The number of carboxylic acid groups (broad SMARTS) is 1. The summed E-state index contributed by atoms with van der Waals surface area (Å²) in [4.78, 5) is 26.7. The van der Waals surface area contributed by atoms with Gasteiger partial charge in [0.1, 0.15) is 15.7 Å². The number of aromatic nitrogens is 2. The van der Waals surface area contributed by atoms with Gasteiger partial charge in [-0.05, 0) is 6.92 Å². The van der Waals surface area contributed by atoms with Crippen molar-refractivity contribution in [3.8, 4) is 0 Å². The smallest absolute Gasteiger partial charge is 0.341 e. The Hall–Kier alpha value is -1.59. The quantitative estimate of drug-likeness (QED) is 0.861. The average Bonchev–Trinajstić information content (AvgIpc) is 2.34. The van der Waals surface area contributed by atoms with E-state index in [2.05, 4.69) is 4.98 Å². The number of hydrogen-bond acceptors (Lipinski definition) is 3. The van der Waals surface area contributed by atoms with Gasteiger partial charge in [-0.1, -0.05) is 23.2 Å². The zero-order valence-electron chi connectivity index (χ0n) is 9.28. The molecule has 0 bridgehead atoms. The average molecular weight is 287 g/mol. The Labute approximate surface area is 112 Å². The summed E-state index contributed by atoms with van der Waals surface area (Å²) in [7, 11) is 0. The molecule has 0 amide bonds. The molecule has 18 heavy (non-hydrogen) atoms. The van der Waals surface area contributed by atoms with E-state index < -0.39 is 11.4 Å². The summed E-state index contributed by atoms with van der Waals surface area (Å²) in [6, 6.07) is 0. The molecule has 0 fully saturated rings. The second-order valence-corrected chi connectivity index (χ2v) is 4.32. The van der Waals surface area contributed by atoms with Crippen LogP contribution in [0.1, 0.15) is 17.3 Å². The highest BCUT2D eigenvalue weighted by atomic mass is 35.5. The predicted octanol–water partition coefficient (Wildman–Crippen LogP) is 2.42. The number of rotatable bonds is 2. The van der Waals surface area contributed by atoms with Crippen molar-refractivity contribution >= 4 is 40.1 Å². The van der Waals surface area contributed by atoms with Crippen molar-refractivity contribution in [3.63, 3.8) is 0 Å². The Kier molecular flexibility index (Phi) is 3.28. The molecule has 0 unspecified atom stereocenters. The standard InChI is InChI=1S/C11H8Cl2N2O3/c1-2-15-4-6(11(17)18)9(16)5-3-14-10(13)7(12)8(5)15/h3-4H,2H2,1H3,(H,17,18). The lowest BCUT2D eigenvalue weighted by molar-refractivity contribution is 0.0695. The maximum atomic E-state index is 12.0. The van der Waals surface area contributed by atoms with Gasteiger partial charge >= 0.3 is 5.97 Å². The van der Waals surface area contributed by atoms with Crippen LogP contribution in [-0.4, -0.2) is 20.6 Å². The fraction of sp³-hybridized carbons (Fsp3) is 0.182. The maximum Gasteiger partial charge on any atom is 0.341 e. The Morgan fingerprint density at radius 2 is 2.17 bits per heavy atom. The SMILES string of the molecule is CCn1cc(C(=O)O)c(=O)c2cnc(Cl)c(Cl)c21. The highest BCUT2D eigenvalue weighted by Gasteiger charge is 2.17. The zero-order valence-corrected chi connectivity index (χ0v) is 10.8. The molecule has 0 radical (unpaired) electrons. The third-order valence-corrected chi connectivity index (χ3v) is 3.32. The molecule has 2 aromatic rings. The van der Waals surface area contributed by atoms with Gasteiger partial charge in [-0.15, -0.1) is 0 Å². The molecule has 0 aromatic carbocycles. The lowest BCUT2D eigenvalue weighted by atomic mass is 10.2. The molecule has 5 nitrogen and oxygen atoms in total. The van der Waals surface area contributed by atoms with Crippen LogP contribution in [-0.2, 0) is 6.54 Å². The second kappa shape index (κ2) is 4.59. The van der Waals surface area contributed by atoms with Gasteiger partial charge in [0.05, 0.1) is 10.9 Å². The number of aromatic carboxylic acids is 1. The zero-order chi connectivity index (χ0) is 13.4. The van der Waals surface area contributed by atoms with E-state index in [1.165, 1.54) is 12.4 Å². The normalized spacial score (nSPS) is 10.8. The van der Waals surface area contributed by atoms with E-state index in [0.29, 0.717) is 12.1 Å². The van der Waals surface area contributed by atoms with E-state index in [9.17, 15) is 9.59 Å². The van der Waals surface area contributed by atoms with Crippen molar-refractivity contribution in [2.75, 3.05) is 0 Å². The van der Waals surface area contributed by atoms with E-state index >= 15 is 0 Å². The molecule has 0 spiro atoms. The first-order valence-electron chi connectivity index (χ1n) is 5.07. The van der Waals surface area contributed by atoms with Crippen molar-refractivity contribution in [3.05, 3.63) is 38.4 Å². The first kappa shape index (κ1) is 12.9. The third-order valence-electron chi connectivity index (χ3n) is 2.58. The number of pyridine rings is 2. The lowest BCUT2D eigenvalue weighted by Crippen LogP contribution is -2.19. The molecular weight excluding hydrogens is 279 g/mol. The number of halogens is 2. The molecule has 0 aliphatic carbocycles. The van der Waals surface area contributed by atoms with Crippen molar-refractivity contribution < 1.29 is 9.90 Å². The molecule has 2 heterocycles. The molecule has 2 aromatic heterocycles. The molecule has 1 N–H and O–H groups in total. The maximum absolute atomic E-state index is 12.0. The fourth-order valence-electron chi connectivity index (χ4n) is 1.73. The summed E-state index contributed by atoms with van der Waals surface area (Å²) < 4.78 is 1.57. The molecule has 94 valence electrons. The number of fused-ring (bicyclic) bond motifs is 1. The summed E-state index contributed by atoms with van der Waals surface area (Å²) in [5, 5.41) is 9.34. The van der Waals surface area contributed by atoms with Crippen LogP contribution in [0.3, 0.4) is 0 Å². The van der Waals surface area contributed by atoms with Crippen LogP contribution < -0.4 is 5.43 Å². The molecule has 0 aliphatic rings. The number of aryl methyl sites for hydroxylation is 1. The minimum absolute atomic E-state index is 0.0776. The highest BCUT2D eigenvalue weighted by molar-refractivity contribution is 6.44. The molecule has 0 saturated heterocycles. The van der Waals surface area contributed by atoms with Gasteiger partial charge in [0.25, 0.3) is 0 Å². The minimum Gasteiger partial charge on any atom is -0.477 e. The Morgan fingerprint density at radius 1 is 1.50 bits per heavy atom. The van der Waals surface area contributed by atoms with Gasteiger partial charge in [0.15, 0.2) is 0 Å². The van der Waals surface area contributed by atoms with Gasteiger partial charge in [-0.2, -0.15) is 0 Å². The molecule has 0 atom stereocenters. The van der Waals surface area contributed by atoms with Crippen LogP contribution in [0.5, 0.6) is 0 Å². The fourth-order valence-corrected chi connectivity index (χ4v) is 2.13. The molecule has 0 aliphatic heterocycles. The Bertz CT molecular complexity index is 709. The third kappa shape index (κ3) is 1.85. The van der Waals surface area contributed by atoms with Crippen LogP contribution >= 0.6 is 23.2 Å². The van der Waals surface area contributed by atoms with Gasteiger partial charge in [-0.3, -0.25) is 4.79 Å². The van der Waals surface area contributed by atoms with Crippen LogP contribution in [0.4, 0.5) is 0 Å². The number of nitrogens with zero attached hydrogens (tertiary/aromatic N) is 2. The summed E-state index contributed by atoms with van der Waals surface area (Å²) in [5.41, 5.74) is -0.535. The van der Waals surface area contributed by atoms with Crippen LogP contribution in [0.25, 0.3) is 10.9 Å². The number of hydrogen-bond donors (Lipinski definition) is 1. The monoisotopic (exact) mass is 286 g/mol. The summed E-state index contributed by atoms with van der Waals surface area (Å²) in [6.07, 6.45) is 2.50. The van der Waals surface area contributed by atoms with Gasteiger partial charge < -0.3 is 9.67 Å². The van der Waals surface area contributed by atoms with Crippen LogP contribution in [0, 0.1) is 0 Å². The molecular formula is C11H8Cl2N2O3. The van der Waals surface area contributed by atoms with Crippen molar-refractivity contribution in [2.24, 2.45) is 0 Å². The van der Waals surface area contributed by atoms with Gasteiger partial charge in [-0.25, -0.2) is 9.78 Å². The number of carboxylic acids is 1. The van der Waals surface area contributed by atoms with E-state index in [4.69, 9.17) is 28.3 Å². The highest BCUT2D eigenvalue weighted by Crippen LogP contribution is 2.27. The van der Waals surface area contributed by atoms with Crippen LogP contribution in [0.2, 0.25) is 10.2 Å². The summed E-state index contributed by atoms with van der Waals surface area (Å²) in [6.45, 7) is 2.26. The van der Waals surface area contributed by atoms with Crippen molar-refractivity contribution in [1.29, 1.82) is 0 Å². The first-order chi connectivity index (χ1) is 8.47. The Balaban J connectivity index is 3.03. The van der Waals surface area contributed by atoms with Crippen molar-refractivity contribution in [2.45, 2.75) is 13.5 Å². The van der Waals surface area contributed by atoms with E-state index in [1.807, 2.05) is 0 Å². The molecule has 2 rings (SSSR count). The Morgan fingerprint density at radius 3 is 2.72 bits per heavy atom. The van der Waals surface area contributed by atoms with Gasteiger partial charge in [0, 0.05) is 18.9 Å². The largest absolute Gasteiger partial charge is 0.477 e. The number of carbonyl (C=O) groups is 1. The lowest BCUT2D eigenvalue weighted by Gasteiger charge is -2.11. The van der Waals surface area contributed by atoms with E-state index in [-0.39, 0.29) is 21.1 Å². The predicted molar refractivity (Wildman–Crippen MR) is 68.7 cm³/mol. The molecule has 0 saturated carbocycles. The minimum atomic E-state index is -1.28. The first-order valence-corrected chi connectivity index (χ1v) is 5.83. The van der Waals surface area contributed by atoms with Gasteiger partial charge in [0.2, 0.25) is 5.43 Å². The van der Waals surface area contributed by atoms with Crippen LogP contribution in [0.15, 0.2) is 17.2 Å². The second-order valence-electron chi connectivity index (χ2n) is 3.59. The van der Waals surface area contributed by atoms with E-state index in [1.54, 1.807) is 11.5 Å². The summed E-state index contributed by atoms with van der Waals surface area (Å²) >= 11 is 11.8. The van der Waals surface area contributed by atoms with E-state index in [0.717, 1.165) is 0 Å². The molecule has 7 heteroatoms. The van der Waals surface area contributed by atoms with Crippen molar-refractivity contribution in [1.82, 2.24) is 9.55 Å². The topological polar surface area (TPSA) is 72.2 Å². The summed E-state index contributed by atoms with van der Waals surface area (Å²) in [5.74, 6) is -1.28.